The fourth-order valence-corrected chi connectivity index (χ4v) is 1.87. The van der Waals surface area contributed by atoms with Crippen LogP contribution in [0.3, 0.4) is 0 Å². The molecule has 2 N–H and O–H groups in total. The molecule has 9 heteroatoms. The summed E-state index contributed by atoms with van der Waals surface area (Å²) in [5.74, 6) is -1.15. The number of rotatable bonds is 6. The summed E-state index contributed by atoms with van der Waals surface area (Å²) >= 11 is 0. The zero-order valence-electron chi connectivity index (χ0n) is 9.57. The van der Waals surface area contributed by atoms with Gasteiger partial charge in [-0.25, -0.2) is 22.9 Å². The number of aromatic nitrogens is 2. The van der Waals surface area contributed by atoms with E-state index in [4.69, 9.17) is 10.4 Å². The van der Waals surface area contributed by atoms with Crippen LogP contribution in [0.15, 0.2) is 12.5 Å². The zero-order valence-corrected chi connectivity index (χ0v) is 10.4. The van der Waals surface area contributed by atoms with E-state index < -0.39 is 21.2 Å². The van der Waals surface area contributed by atoms with Crippen LogP contribution in [0.2, 0.25) is 0 Å². The van der Waals surface area contributed by atoms with Crippen LogP contribution >= 0.6 is 0 Å². The molecule has 18 heavy (non-hydrogen) atoms. The van der Waals surface area contributed by atoms with Crippen LogP contribution < -0.4 is 4.72 Å². The van der Waals surface area contributed by atoms with Gasteiger partial charge in [0.1, 0.15) is 0 Å². The summed E-state index contributed by atoms with van der Waals surface area (Å²) in [7, 11) is -3.65. The number of carbonyl (C=O) groups is 1. The number of nitrogens with zero attached hydrogens (tertiary/aromatic N) is 3. The van der Waals surface area contributed by atoms with Gasteiger partial charge in [-0.2, -0.15) is 5.26 Å². The van der Waals surface area contributed by atoms with E-state index in [9.17, 15) is 13.2 Å². The van der Waals surface area contributed by atoms with E-state index >= 15 is 0 Å². The summed E-state index contributed by atoms with van der Waals surface area (Å²) in [6.07, 6.45) is 2.59. The average Bonchev–Trinajstić information content (AvgIpc) is 2.76. The van der Waals surface area contributed by atoms with E-state index in [0.717, 1.165) is 0 Å². The van der Waals surface area contributed by atoms with Gasteiger partial charge in [0.15, 0.2) is 10.9 Å². The van der Waals surface area contributed by atoms with Crippen LogP contribution in [0.1, 0.15) is 17.4 Å². The van der Waals surface area contributed by atoms with Gasteiger partial charge in [-0.15, -0.1) is 0 Å². The Labute approximate surface area is 104 Å². The van der Waals surface area contributed by atoms with Crippen molar-refractivity contribution in [2.24, 2.45) is 0 Å². The number of carboxylic acid groups (broad SMARTS) is 1. The zero-order chi connectivity index (χ0) is 13.8. The second kappa shape index (κ2) is 5.61. The lowest BCUT2D eigenvalue weighted by atomic mass is 10.5. The molecule has 1 aromatic heterocycles. The van der Waals surface area contributed by atoms with E-state index in [0.29, 0.717) is 0 Å². The van der Waals surface area contributed by atoms with Gasteiger partial charge in [0.2, 0.25) is 10.0 Å². The molecular formula is C9H12N4O4S. The van der Waals surface area contributed by atoms with Gasteiger partial charge >= 0.3 is 5.97 Å². The molecule has 0 spiro atoms. The minimum Gasteiger partial charge on any atom is -0.476 e. The minimum absolute atomic E-state index is 0.0593. The number of nitriles is 1. The number of hydrogen-bond acceptors (Lipinski definition) is 5. The van der Waals surface area contributed by atoms with E-state index in [2.05, 4.69) is 9.71 Å². The van der Waals surface area contributed by atoms with Crippen molar-refractivity contribution in [1.82, 2.24) is 14.3 Å². The Kier molecular flexibility index (Phi) is 4.41. The monoisotopic (exact) mass is 272 g/mol. The standard InChI is InChI=1S/C9H12N4O4S/c1-7(4-10)18(16,17)12-2-3-13-5-8(9(14)15)11-6-13/h5-7,12H,2-3H2,1H3,(H,14,15). The molecule has 0 fully saturated rings. The van der Waals surface area contributed by atoms with Crippen LogP contribution in [0.4, 0.5) is 0 Å². The lowest BCUT2D eigenvalue weighted by molar-refractivity contribution is 0.0691. The summed E-state index contributed by atoms with van der Waals surface area (Å²) in [4.78, 5) is 14.2. The molecule has 1 aromatic rings. The lowest BCUT2D eigenvalue weighted by Gasteiger charge is -2.07. The Hall–Kier alpha value is -1.92. The van der Waals surface area contributed by atoms with Gasteiger partial charge in [-0.3, -0.25) is 0 Å². The van der Waals surface area contributed by atoms with Crippen molar-refractivity contribution in [2.75, 3.05) is 6.54 Å². The van der Waals surface area contributed by atoms with Gasteiger partial charge < -0.3 is 9.67 Å². The molecule has 1 unspecified atom stereocenters. The molecule has 1 heterocycles. The highest BCUT2D eigenvalue weighted by molar-refractivity contribution is 7.90. The molecule has 0 aliphatic heterocycles. The van der Waals surface area contributed by atoms with Gasteiger partial charge in [0, 0.05) is 19.3 Å². The average molecular weight is 272 g/mol. The molecule has 0 saturated carbocycles. The fraction of sp³-hybridized carbons (Fsp3) is 0.444. The van der Waals surface area contributed by atoms with Crippen molar-refractivity contribution < 1.29 is 18.3 Å². The summed E-state index contributed by atoms with van der Waals surface area (Å²) < 4.78 is 26.5. The Bertz CT molecular complexity index is 572. The Balaban J connectivity index is 2.52. The molecular weight excluding hydrogens is 260 g/mol. The van der Waals surface area contributed by atoms with Crippen molar-refractivity contribution in [2.45, 2.75) is 18.7 Å². The van der Waals surface area contributed by atoms with Crippen LogP contribution in [0, 0.1) is 11.3 Å². The maximum atomic E-state index is 11.4. The first-order valence-corrected chi connectivity index (χ1v) is 6.54. The van der Waals surface area contributed by atoms with Crippen LogP contribution in [-0.4, -0.2) is 40.8 Å². The maximum Gasteiger partial charge on any atom is 0.356 e. The van der Waals surface area contributed by atoms with Crippen molar-refractivity contribution in [1.29, 1.82) is 5.26 Å². The van der Waals surface area contributed by atoms with E-state index in [1.807, 2.05) is 0 Å². The van der Waals surface area contributed by atoms with E-state index in [1.165, 1.54) is 24.0 Å². The first kappa shape index (κ1) is 14.1. The number of imidazole rings is 1. The molecule has 1 atom stereocenters. The van der Waals surface area contributed by atoms with Crippen LogP contribution in [0.25, 0.3) is 0 Å². The molecule has 0 aliphatic rings. The highest BCUT2D eigenvalue weighted by atomic mass is 32.2. The Morgan fingerprint density at radius 3 is 2.89 bits per heavy atom. The molecule has 0 saturated heterocycles. The highest BCUT2D eigenvalue weighted by Gasteiger charge is 2.19. The number of sulfonamides is 1. The van der Waals surface area contributed by atoms with Crippen LogP contribution in [0.5, 0.6) is 0 Å². The number of nitrogens with one attached hydrogen (secondary N) is 1. The minimum atomic E-state index is -3.65. The SMILES string of the molecule is CC(C#N)S(=O)(=O)NCCn1cnc(C(=O)O)c1. The summed E-state index contributed by atoms with van der Waals surface area (Å²) in [6.45, 7) is 1.57. The normalized spacial score (nSPS) is 12.9. The third-order valence-electron chi connectivity index (χ3n) is 2.17. The van der Waals surface area contributed by atoms with E-state index in [1.54, 1.807) is 6.07 Å². The molecule has 1 rings (SSSR count). The van der Waals surface area contributed by atoms with Gasteiger partial charge in [-0.05, 0) is 6.92 Å². The molecule has 0 radical (unpaired) electrons. The fourth-order valence-electron chi connectivity index (χ4n) is 1.10. The second-order valence-corrected chi connectivity index (χ2v) is 5.60. The summed E-state index contributed by atoms with van der Waals surface area (Å²) in [6, 6.07) is 1.63. The quantitative estimate of drug-likeness (QED) is 0.713. The summed E-state index contributed by atoms with van der Waals surface area (Å²) in [5, 5.41) is 16.0. The van der Waals surface area contributed by atoms with Gasteiger partial charge in [-0.1, -0.05) is 0 Å². The lowest BCUT2D eigenvalue weighted by Crippen LogP contribution is -2.33. The first-order valence-electron chi connectivity index (χ1n) is 5.00. The topological polar surface area (TPSA) is 125 Å². The van der Waals surface area contributed by atoms with Crippen LogP contribution in [-0.2, 0) is 16.6 Å². The molecule has 0 aromatic carbocycles. The number of carboxylic acids is 1. The second-order valence-electron chi connectivity index (χ2n) is 3.51. The molecule has 0 bridgehead atoms. The number of hydrogen-bond donors (Lipinski definition) is 2. The van der Waals surface area contributed by atoms with Crippen molar-refractivity contribution in [3.63, 3.8) is 0 Å². The van der Waals surface area contributed by atoms with Gasteiger partial charge in [0.05, 0.1) is 12.4 Å². The predicted molar refractivity (Wildman–Crippen MR) is 61.2 cm³/mol. The van der Waals surface area contributed by atoms with Crippen molar-refractivity contribution in [3.8, 4) is 6.07 Å². The Morgan fingerprint density at radius 2 is 2.39 bits per heavy atom. The molecule has 0 aliphatic carbocycles. The predicted octanol–water partition coefficient (Wildman–Crippen LogP) is -0.587. The third kappa shape index (κ3) is 3.54. The van der Waals surface area contributed by atoms with Crippen molar-refractivity contribution in [3.05, 3.63) is 18.2 Å². The smallest absolute Gasteiger partial charge is 0.356 e. The first-order chi connectivity index (χ1) is 8.36. The maximum absolute atomic E-state index is 11.4. The van der Waals surface area contributed by atoms with E-state index in [-0.39, 0.29) is 18.8 Å². The third-order valence-corrected chi connectivity index (χ3v) is 3.82. The summed E-state index contributed by atoms with van der Waals surface area (Å²) in [5.41, 5.74) is -0.108. The molecule has 98 valence electrons. The van der Waals surface area contributed by atoms with Gasteiger partial charge in [0.25, 0.3) is 0 Å². The Morgan fingerprint density at radius 1 is 1.72 bits per heavy atom. The van der Waals surface area contributed by atoms with Crippen molar-refractivity contribution >= 4 is 16.0 Å². The molecule has 0 amide bonds. The molecule has 8 nitrogen and oxygen atoms in total. The largest absolute Gasteiger partial charge is 0.476 e. The highest BCUT2D eigenvalue weighted by Crippen LogP contribution is 1.98. The number of aromatic carboxylic acids is 1.